The number of aryl methyl sites for hydroxylation is 1. The van der Waals surface area contributed by atoms with E-state index in [1.165, 1.54) is 14.2 Å². The molecule has 1 aliphatic rings. The highest BCUT2D eigenvalue weighted by Gasteiger charge is 2.24. The summed E-state index contributed by atoms with van der Waals surface area (Å²) in [7, 11) is 3.05. The number of unbranched alkanes of at least 4 members (excludes halogenated alkanes) is 1. The van der Waals surface area contributed by atoms with Crippen molar-refractivity contribution in [1.82, 2.24) is 0 Å². The van der Waals surface area contributed by atoms with E-state index in [1.807, 2.05) is 23.1 Å². The summed E-state index contributed by atoms with van der Waals surface area (Å²) in [6, 6.07) is 10.9. The summed E-state index contributed by atoms with van der Waals surface area (Å²) < 4.78 is 10.6. The molecule has 0 aliphatic carbocycles. The number of ether oxygens (including phenoxy) is 2. The van der Waals surface area contributed by atoms with Crippen molar-refractivity contribution in [2.75, 3.05) is 31.0 Å². The van der Waals surface area contributed by atoms with Crippen molar-refractivity contribution in [1.29, 1.82) is 0 Å². The fourth-order valence-electron chi connectivity index (χ4n) is 3.46. The van der Waals surface area contributed by atoms with Crippen LogP contribution in [0.4, 0.5) is 11.4 Å². The van der Waals surface area contributed by atoms with Crippen molar-refractivity contribution in [2.24, 2.45) is 0 Å². The normalized spacial score (nSPS) is 13.1. The Morgan fingerprint density at radius 3 is 2.68 bits per heavy atom. The lowest BCUT2D eigenvalue weighted by Gasteiger charge is -2.29. The van der Waals surface area contributed by atoms with Crippen LogP contribution in [0.1, 0.15) is 42.1 Å². The van der Waals surface area contributed by atoms with E-state index >= 15 is 0 Å². The summed E-state index contributed by atoms with van der Waals surface area (Å²) in [5.41, 5.74) is 3.12. The third kappa shape index (κ3) is 3.96. The Kier molecular flexibility index (Phi) is 6.19. The van der Waals surface area contributed by atoms with Crippen molar-refractivity contribution in [3.05, 3.63) is 47.5 Å². The molecule has 1 aliphatic heterocycles. The van der Waals surface area contributed by atoms with Crippen LogP contribution in [0.3, 0.4) is 0 Å². The van der Waals surface area contributed by atoms with Crippen LogP contribution >= 0.6 is 0 Å². The number of carbonyl (C=O) groups is 2. The second kappa shape index (κ2) is 8.78. The maximum Gasteiger partial charge on any atom is 0.259 e. The van der Waals surface area contributed by atoms with Gasteiger partial charge < -0.3 is 19.7 Å². The lowest BCUT2D eigenvalue weighted by Crippen LogP contribution is -2.35. The number of para-hydroxylation sites is 1. The standard InChI is InChI=1S/C22H26N2O4/c1-4-5-13-24-18-11-10-16(14-15(18)9-12-20(24)25)23-22(26)17-7-6-8-19(27-2)21(17)28-3/h6-8,10-11,14H,4-5,9,12-13H2,1-3H3,(H,23,26). The third-order valence-corrected chi connectivity index (χ3v) is 4.92. The van der Waals surface area contributed by atoms with Crippen LogP contribution in [-0.2, 0) is 11.2 Å². The second-order valence-electron chi connectivity index (χ2n) is 6.74. The van der Waals surface area contributed by atoms with E-state index in [-0.39, 0.29) is 11.8 Å². The molecule has 0 unspecified atom stereocenters. The number of benzene rings is 2. The molecule has 2 aromatic rings. The zero-order valence-corrected chi connectivity index (χ0v) is 16.6. The van der Waals surface area contributed by atoms with Crippen LogP contribution in [0.15, 0.2) is 36.4 Å². The van der Waals surface area contributed by atoms with Gasteiger partial charge in [-0.1, -0.05) is 19.4 Å². The van der Waals surface area contributed by atoms with Crippen LogP contribution < -0.4 is 19.7 Å². The SMILES string of the molecule is CCCCN1C(=O)CCc2cc(NC(=O)c3cccc(OC)c3OC)ccc21. The fourth-order valence-corrected chi connectivity index (χ4v) is 3.46. The van der Waals surface area contributed by atoms with Crippen molar-refractivity contribution in [3.63, 3.8) is 0 Å². The molecule has 0 atom stereocenters. The lowest BCUT2D eigenvalue weighted by atomic mass is 10.00. The molecule has 148 valence electrons. The summed E-state index contributed by atoms with van der Waals surface area (Å²) >= 11 is 0. The van der Waals surface area contributed by atoms with E-state index in [2.05, 4.69) is 12.2 Å². The number of hydrogen-bond acceptors (Lipinski definition) is 4. The van der Waals surface area contributed by atoms with Gasteiger partial charge in [0, 0.05) is 24.3 Å². The number of amides is 2. The third-order valence-electron chi connectivity index (χ3n) is 4.92. The predicted octanol–water partition coefficient (Wildman–Crippen LogP) is 4.04. The van der Waals surface area contributed by atoms with Gasteiger partial charge in [-0.05, 0) is 48.7 Å². The number of anilines is 2. The number of carbonyl (C=O) groups excluding carboxylic acids is 2. The molecule has 6 nitrogen and oxygen atoms in total. The van der Waals surface area contributed by atoms with Crippen molar-refractivity contribution >= 4 is 23.2 Å². The van der Waals surface area contributed by atoms with Gasteiger partial charge in [0.15, 0.2) is 11.5 Å². The molecular formula is C22H26N2O4. The van der Waals surface area contributed by atoms with Gasteiger partial charge in [0.05, 0.1) is 19.8 Å². The van der Waals surface area contributed by atoms with Gasteiger partial charge in [-0.3, -0.25) is 9.59 Å². The van der Waals surface area contributed by atoms with E-state index in [9.17, 15) is 9.59 Å². The Balaban J connectivity index is 1.83. The number of nitrogens with one attached hydrogen (secondary N) is 1. The molecule has 0 saturated heterocycles. The van der Waals surface area contributed by atoms with E-state index in [1.54, 1.807) is 18.2 Å². The summed E-state index contributed by atoms with van der Waals surface area (Å²) in [5.74, 6) is 0.798. The Hall–Kier alpha value is -3.02. The molecule has 1 heterocycles. The highest BCUT2D eigenvalue weighted by atomic mass is 16.5. The molecule has 0 saturated carbocycles. The second-order valence-corrected chi connectivity index (χ2v) is 6.74. The summed E-state index contributed by atoms with van der Waals surface area (Å²) in [4.78, 5) is 26.9. The van der Waals surface area contributed by atoms with Gasteiger partial charge in [0.1, 0.15) is 0 Å². The zero-order valence-electron chi connectivity index (χ0n) is 16.6. The van der Waals surface area contributed by atoms with E-state index in [0.717, 1.165) is 30.6 Å². The monoisotopic (exact) mass is 382 g/mol. The Morgan fingerprint density at radius 2 is 1.96 bits per heavy atom. The van der Waals surface area contributed by atoms with Crippen LogP contribution in [0.2, 0.25) is 0 Å². The molecule has 3 rings (SSSR count). The Bertz CT molecular complexity index is 879. The first-order chi connectivity index (χ1) is 13.6. The topological polar surface area (TPSA) is 67.9 Å². The molecule has 0 fully saturated rings. The first-order valence-corrected chi connectivity index (χ1v) is 9.54. The van der Waals surface area contributed by atoms with Gasteiger partial charge in [-0.2, -0.15) is 0 Å². The van der Waals surface area contributed by atoms with E-state index in [4.69, 9.17) is 9.47 Å². The minimum Gasteiger partial charge on any atom is -0.493 e. The van der Waals surface area contributed by atoms with Gasteiger partial charge in [0.2, 0.25) is 5.91 Å². The van der Waals surface area contributed by atoms with Gasteiger partial charge in [-0.25, -0.2) is 0 Å². The van der Waals surface area contributed by atoms with Crippen molar-refractivity contribution in [2.45, 2.75) is 32.6 Å². The minimum atomic E-state index is -0.273. The van der Waals surface area contributed by atoms with E-state index < -0.39 is 0 Å². The Labute approximate surface area is 165 Å². The molecule has 0 aromatic heterocycles. The molecular weight excluding hydrogens is 356 g/mol. The summed E-state index contributed by atoms with van der Waals surface area (Å²) in [6.45, 7) is 2.84. The molecule has 6 heteroatoms. The molecule has 2 aromatic carbocycles. The average Bonchev–Trinajstić information content (AvgIpc) is 2.72. The van der Waals surface area contributed by atoms with Gasteiger partial charge >= 0.3 is 0 Å². The maximum atomic E-state index is 12.8. The number of methoxy groups -OCH3 is 2. The largest absolute Gasteiger partial charge is 0.493 e. The van der Waals surface area contributed by atoms with Crippen LogP contribution in [-0.4, -0.2) is 32.6 Å². The highest BCUT2D eigenvalue weighted by molar-refractivity contribution is 6.07. The first kappa shape index (κ1) is 19.7. The van der Waals surface area contributed by atoms with E-state index in [0.29, 0.717) is 35.6 Å². The maximum absolute atomic E-state index is 12.8. The molecule has 1 N–H and O–H groups in total. The van der Waals surface area contributed by atoms with Crippen LogP contribution in [0.5, 0.6) is 11.5 Å². The highest BCUT2D eigenvalue weighted by Crippen LogP contribution is 2.33. The Morgan fingerprint density at radius 1 is 1.14 bits per heavy atom. The van der Waals surface area contributed by atoms with Crippen LogP contribution in [0.25, 0.3) is 0 Å². The lowest BCUT2D eigenvalue weighted by molar-refractivity contribution is -0.118. The van der Waals surface area contributed by atoms with Crippen LogP contribution in [0, 0.1) is 0 Å². The smallest absolute Gasteiger partial charge is 0.259 e. The number of hydrogen-bond donors (Lipinski definition) is 1. The van der Waals surface area contributed by atoms with Gasteiger partial charge in [-0.15, -0.1) is 0 Å². The molecule has 0 spiro atoms. The van der Waals surface area contributed by atoms with Crippen molar-refractivity contribution in [3.8, 4) is 11.5 Å². The minimum absolute atomic E-state index is 0.166. The summed E-state index contributed by atoms with van der Waals surface area (Å²) in [6.07, 6.45) is 3.19. The quantitative estimate of drug-likeness (QED) is 0.785. The number of rotatable bonds is 7. The molecule has 0 radical (unpaired) electrons. The molecule has 0 bridgehead atoms. The zero-order chi connectivity index (χ0) is 20.1. The fraction of sp³-hybridized carbons (Fsp3) is 0.364. The first-order valence-electron chi connectivity index (χ1n) is 9.54. The molecule has 28 heavy (non-hydrogen) atoms. The number of fused-ring (bicyclic) bond motifs is 1. The summed E-state index contributed by atoms with van der Waals surface area (Å²) in [5, 5.41) is 2.93. The predicted molar refractivity (Wildman–Crippen MR) is 110 cm³/mol. The van der Waals surface area contributed by atoms with Gasteiger partial charge in [0.25, 0.3) is 5.91 Å². The van der Waals surface area contributed by atoms with Crippen molar-refractivity contribution < 1.29 is 19.1 Å². The average molecular weight is 382 g/mol. The molecule has 2 amide bonds. The number of nitrogens with zero attached hydrogens (tertiary/aromatic N) is 1.